The lowest BCUT2D eigenvalue weighted by molar-refractivity contribution is -0.149. The van der Waals surface area contributed by atoms with Crippen LogP contribution >= 0.6 is 0 Å². The van der Waals surface area contributed by atoms with Crippen LogP contribution in [0.4, 0.5) is 0 Å². The summed E-state index contributed by atoms with van der Waals surface area (Å²) < 4.78 is 7.44. The van der Waals surface area contributed by atoms with Crippen molar-refractivity contribution in [2.24, 2.45) is 10.8 Å². The number of nitriles is 1. The van der Waals surface area contributed by atoms with Crippen LogP contribution in [-0.4, -0.2) is 40.5 Å². The zero-order valence-electron chi connectivity index (χ0n) is 19.7. The third kappa shape index (κ3) is 4.87. The molecule has 2 aliphatic rings. The number of hydrogen-bond acceptors (Lipinski definition) is 4. The van der Waals surface area contributed by atoms with E-state index in [1.807, 2.05) is 30.9 Å². The second kappa shape index (κ2) is 8.53. The minimum Gasteiger partial charge on any atom is -0.451 e. The number of likely N-dealkylation sites (tertiary alicyclic amines) is 1. The first-order chi connectivity index (χ1) is 14.5. The molecule has 1 saturated heterocycles. The zero-order valence-corrected chi connectivity index (χ0v) is 19.7. The van der Waals surface area contributed by atoms with Gasteiger partial charge in [0.1, 0.15) is 11.6 Å². The maximum absolute atomic E-state index is 12.8. The van der Waals surface area contributed by atoms with Crippen LogP contribution in [0.3, 0.4) is 0 Å². The molecule has 3 rings (SSSR count). The van der Waals surface area contributed by atoms with Crippen molar-refractivity contribution in [2.45, 2.75) is 79.8 Å². The van der Waals surface area contributed by atoms with Gasteiger partial charge in [0, 0.05) is 30.5 Å². The van der Waals surface area contributed by atoms with Crippen LogP contribution in [-0.2, 0) is 20.9 Å². The summed E-state index contributed by atoms with van der Waals surface area (Å²) in [6.45, 7) is 14.1. The van der Waals surface area contributed by atoms with Crippen LogP contribution < -0.4 is 0 Å². The van der Waals surface area contributed by atoms with Gasteiger partial charge in [-0.05, 0) is 68.1 Å². The summed E-state index contributed by atoms with van der Waals surface area (Å²) in [5.74, 6) is -0.914. The standard InChI is InChI=1S/C25H35N3O3/c1-7-8-27-17(2)9-19(18(27)3)10-20(13-26)23(30)31-14-22(29)28-16-25(6)12-21(28)11-24(4,5)15-25/h9-10,21H,7-8,11-12,14-16H2,1-6H3/b20-10+/t21-,25-/m0/s1. The Balaban J connectivity index is 1.66. The van der Waals surface area contributed by atoms with E-state index in [0.717, 1.165) is 49.2 Å². The molecule has 1 amide bonds. The number of carbonyl (C=O) groups excluding carboxylic acids is 2. The number of carbonyl (C=O) groups is 2. The molecule has 0 radical (unpaired) electrons. The van der Waals surface area contributed by atoms with Gasteiger partial charge in [-0.3, -0.25) is 4.79 Å². The predicted octanol–water partition coefficient (Wildman–Crippen LogP) is 4.39. The van der Waals surface area contributed by atoms with Crippen LogP contribution in [0.5, 0.6) is 0 Å². The molecule has 1 aliphatic carbocycles. The Morgan fingerprint density at radius 2 is 2.00 bits per heavy atom. The Labute approximate surface area is 185 Å². The molecular formula is C25H35N3O3. The highest BCUT2D eigenvalue weighted by atomic mass is 16.5. The van der Waals surface area contributed by atoms with E-state index in [1.165, 1.54) is 0 Å². The molecule has 31 heavy (non-hydrogen) atoms. The van der Waals surface area contributed by atoms with Gasteiger partial charge in [-0.2, -0.15) is 5.26 Å². The number of nitrogens with zero attached hydrogens (tertiary/aromatic N) is 3. The molecule has 0 spiro atoms. The van der Waals surface area contributed by atoms with Crippen molar-refractivity contribution in [3.63, 3.8) is 0 Å². The van der Waals surface area contributed by atoms with Crippen molar-refractivity contribution in [3.05, 3.63) is 28.6 Å². The minimum absolute atomic E-state index is 0.0854. The van der Waals surface area contributed by atoms with Crippen molar-refractivity contribution in [2.75, 3.05) is 13.2 Å². The fraction of sp³-hybridized carbons (Fsp3) is 0.640. The van der Waals surface area contributed by atoms with Crippen molar-refractivity contribution in [1.29, 1.82) is 5.26 Å². The highest BCUT2D eigenvalue weighted by Crippen LogP contribution is 2.52. The topological polar surface area (TPSA) is 75.3 Å². The molecule has 1 aromatic rings. The van der Waals surface area contributed by atoms with Gasteiger partial charge in [-0.25, -0.2) is 4.79 Å². The number of fused-ring (bicyclic) bond motifs is 2. The lowest BCUT2D eigenvalue weighted by Crippen LogP contribution is -2.39. The zero-order chi connectivity index (χ0) is 23.0. The van der Waals surface area contributed by atoms with Gasteiger partial charge in [-0.15, -0.1) is 0 Å². The number of aryl methyl sites for hydroxylation is 1. The van der Waals surface area contributed by atoms with Gasteiger partial charge in [-0.1, -0.05) is 27.7 Å². The van der Waals surface area contributed by atoms with Gasteiger partial charge in [0.2, 0.25) is 0 Å². The summed E-state index contributed by atoms with van der Waals surface area (Å²) in [6.07, 6.45) is 5.64. The first-order valence-corrected chi connectivity index (χ1v) is 11.2. The van der Waals surface area contributed by atoms with Crippen LogP contribution in [0.1, 0.15) is 70.3 Å². The molecule has 2 fully saturated rings. The van der Waals surface area contributed by atoms with Crippen LogP contribution in [0.2, 0.25) is 0 Å². The van der Waals surface area contributed by atoms with E-state index in [1.54, 1.807) is 6.08 Å². The average molecular weight is 426 g/mol. The highest BCUT2D eigenvalue weighted by molar-refractivity contribution is 5.99. The summed E-state index contributed by atoms with van der Waals surface area (Å²) in [5.41, 5.74) is 3.18. The van der Waals surface area contributed by atoms with Gasteiger partial charge in [0.15, 0.2) is 6.61 Å². The van der Waals surface area contributed by atoms with E-state index in [4.69, 9.17) is 4.74 Å². The molecule has 1 aromatic heterocycles. The molecule has 6 heteroatoms. The van der Waals surface area contributed by atoms with Crippen molar-refractivity contribution < 1.29 is 14.3 Å². The number of ether oxygens (including phenoxy) is 1. The Morgan fingerprint density at radius 1 is 1.29 bits per heavy atom. The number of esters is 1. The first-order valence-electron chi connectivity index (χ1n) is 11.2. The van der Waals surface area contributed by atoms with Crippen molar-refractivity contribution in [3.8, 4) is 6.07 Å². The van der Waals surface area contributed by atoms with Gasteiger partial charge in [0.05, 0.1) is 0 Å². The molecule has 168 valence electrons. The third-order valence-electron chi connectivity index (χ3n) is 6.76. The highest BCUT2D eigenvalue weighted by Gasteiger charge is 2.50. The summed E-state index contributed by atoms with van der Waals surface area (Å²) >= 11 is 0. The van der Waals surface area contributed by atoms with E-state index in [-0.39, 0.29) is 35.0 Å². The minimum atomic E-state index is -0.746. The summed E-state index contributed by atoms with van der Waals surface area (Å²) in [6, 6.07) is 4.11. The summed E-state index contributed by atoms with van der Waals surface area (Å²) in [4.78, 5) is 27.2. The van der Waals surface area contributed by atoms with E-state index in [9.17, 15) is 14.9 Å². The predicted molar refractivity (Wildman–Crippen MR) is 120 cm³/mol. The lowest BCUT2D eigenvalue weighted by Gasteiger charge is -2.39. The SMILES string of the molecule is CCCn1c(C)cc(/C=C(\C#N)C(=O)OCC(=O)N2C[C@@]3(C)C[C@@H]2CC(C)(C)C3)c1C. The summed E-state index contributed by atoms with van der Waals surface area (Å²) in [5, 5.41) is 9.50. The molecule has 2 heterocycles. The maximum atomic E-state index is 12.8. The number of aromatic nitrogens is 1. The Kier molecular flexibility index (Phi) is 6.36. The first kappa shape index (κ1) is 23.1. The molecule has 2 bridgehead atoms. The van der Waals surface area contributed by atoms with Gasteiger partial charge in [0.25, 0.3) is 5.91 Å². The fourth-order valence-electron chi connectivity index (χ4n) is 5.87. The monoisotopic (exact) mass is 425 g/mol. The molecule has 0 aromatic carbocycles. The molecule has 1 aliphatic heterocycles. The summed E-state index contributed by atoms with van der Waals surface area (Å²) in [7, 11) is 0. The third-order valence-corrected chi connectivity index (χ3v) is 6.76. The van der Waals surface area contributed by atoms with Crippen LogP contribution in [0.25, 0.3) is 6.08 Å². The molecular weight excluding hydrogens is 390 g/mol. The van der Waals surface area contributed by atoms with Gasteiger partial charge >= 0.3 is 5.97 Å². The average Bonchev–Trinajstić information content (AvgIpc) is 3.09. The second-order valence-electron chi connectivity index (χ2n) is 10.5. The van der Waals surface area contributed by atoms with E-state index in [0.29, 0.717) is 6.54 Å². The smallest absolute Gasteiger partial charge is 0.349 e. The molecule has 1 saturated carbocycles. The lowest BCUT2D eigenvalue weighted by atomic mass is 9.65. The molecule has 0 unspecified atom stereocenters. The molecule has 6 nitrogen and oxygen atoms in total. The van der Waals surface area contributed by atoms with Crippen molar-refractivity contribution >= 4 is 18.0 Å². The van der Waals surface area contributed by atoms with Crippen LogP contribution in [0.15, 0.2) is 11.6 Å². The van der Waals surface area contributed by atoms with E-state index >= 15 is 0 Å². The Hall–Kier alpha value is -2.55. The number of hydrogen-bond donors (Lipinski definition) is 0. The molecule has 0 N–H and O–H groups in total. The molecule has 2 atom stereocenters. The largest absolute Gasteiger partial charge is 0.451 e. The van der Waals surface area contributed by atoms with Gasteiger partial charge < -0.3 is 14.2 Å². The fourth-order valence-corrected chi connectivity index (χ4v) is 5.87. The van der Waals surface area contributed by atoms with E-state index < -0.39 is 5.97 Å². The normalized spacial score (nSPS) is 24.7. The number of amides is 1. The van der Waals surface area contributed by atoms with E-state index in [2.05, 4.69) is 32.3 Å². The Bertz CT molecular complexity index is 950. The maximum Gasteiger partial charge on any atom is 0.349 e. The quantitative estimate of drug-likeness (QED) is 0.385. The van der Waals surface area contributed by atoms with Crippen LogP contribution in [0, 0.1) is 36.0 Å². The Morgan fingerprint density at radius 3 is 2.65 bits per heavy atom. The van der Waals surface area contributed by atoms with Crippen molar-refractivity contribution in [1.82, 2.24) is 9.47 Å². The number of rotatable bonds is 6. The second-order valence-corrected chi connectivity index (χ2v) is 10.5.